The number of aliphatic imine (C=N–C) groups is 1. The highest BCUT2D eigenvalue weighted by Crippen LogP contribution is 2.34. The summed E-state index contributed by atoms with van der Waals surface area (Å²) in [4.78, 5) is 17.5. The maximum atomic E-state index is 14.6. The van der Waals surface area contributed by atoms with Crippen molar-refractivity contribution in [2.45, 2.75) is 26.8 Å². The van der Waals surface area contributed by atoms with E-state index in [1.54, 1.807) is 51.4 Å². The summed E-state index contributed by atoms with van der Waals surface area (Å²) in [5.74, 6) is -2.63. The van der Waals surface area contributed by atoms with Crippen LogP contribution in [0.3, 0.4) is 0 Å². The molecular weight excluding hydrogens is 492 g/mol. The smallest absolute Gasteiger partial charge is 0.196 e. The van der Waals surface area contributed by atoms with Crippen LogP contribution in [0, 0.1) is 25.5 Å². The van der Waals surface area contributed by atoms with Gasteiger partial charge in [0.1, 0.15) is 11.3 Å². The molecule has 6 N–H and O–H groups in total. The van der Waals surface area contributed by atoms with E-state index >= 15 is 0 Å². The Morgan fingerprint density at radius 3 is 2.58 bits per heavy atom. The van der Waals surface area contributed by atoms with Gasteiger partial charge in [0.2, 0.25) is 0 Å². The van der Waals surface area contributed by atoms with Crippen LogP contribution < -0.4 is 22.2 Å². The first kappa shape index (κ1) is 26.3. The molecule has 0 spiro atoms. The Morgan fingerprint density at radius 2 is 1.89 bits per heavy atom. The number of halogens is 2. The summed E-state index contributed by atoms with van der Waals surface area (Å²) in [6.45, 7) is 5.30. The lowest BCUT2D eigenvalue weighted by atomic mass is 9.98. The molecule has 0 aliphatic carbocycles. The number of nitrogens with two attached hydrogens (primary N) is 2. The zero-order chi connectivity index (χ0) is 27.7. The van der Waals surface area contributed by atoms with E-state index in [2.05, 4.69) is 15.5 Å². The molecule has 1 unspecified atom stereocenters. The molecule has 3 aromatic carbocycles. The molecule has 1 atom stereocenters. The van der Waals surface area contributed by atoms with E-state index in [0.717, 1.165) is 11.6 Å². The van der Waals surface area contributed by atoms with Gasteiger partial charge in [-0.25, -0.2) is 8.78 Å². The number of oxime groups is 1. The van der Waals surface area contributed by atoms with Gasteiger partial charge in [-0.3, -0.25) is 9.79 Å². The van der Waals surface area contributed by atoms with Crippen molar-refractivity contribution in [1.29, 1.82) is 0 Å². The second-order valence-corrected chi connectivity index (χ2v) is 8.98. The molecule has 0 aliphatic heterocycles. The summed E-state index contributed by atoms with van der Waals surface area (Å²) >= 11 is 0. The molecule has 0 saturated carbocycles. The quantitative estimate of drug-likeness (QED) is 0.0902. The molecule has 0 saturated heterocycles. The number of nitrogens with one attached hydrogen (secondary N) is 1. The van der Waals surface area contributed by atoms with Gasteiger partial charge in [0.25, 0.3) is 0 Å². The predicted molar refractivity (Wildman–Crippen MR) is 146 cm³/mol. The largest absolute Gasteiger partial charge is 0.455 e. The molecule has 0 fully saturated rings. The van der Waals surface area contributed by atoms with Crippen molar-refractivity contribution >= 4 is 34.4 Å². The molecule has 1 aromatic heterocycles. The van der Waals surface area contributed by atoms with Gasteiger partial charge < -0.3 is 26.4 Å². The molecule has 38 heavy (non-hydrogen) atoms. The van der Waals surface area contributed by atoms with Crippen molar-refractivity contribution in [2.24, 2.45) is 15.9 Å². The van der Waals surface area contributed by atoms with Crippen molar-refractivity contribution in [1.82, 2.24) is 0 Å². The van der Waals surface area contributed by atoms with Crippen LogP contribution in [0.1, 0.15) is 40.8 Å². The Hall–Kier alpha value is -4.73. The average Bonchev–Trinajstić information content (AvgIpc) is 2.89. The highest BCUT2D eigenvalue weighted by atomic mass is 19.2. The van der Waals surface area contributed by atoms with E-state index in [4.69, 9.17) is 21.1 Å². The van der Waals surface area contributed by atoms with Crippen LogP contribution >= 0.6 is 0 Å². The number of benzene rings is 3. The average molecular weight is 520 g/mol. The Balaban J connectivity index is 1.91. The molecule has 4 aromatic rings. The second-order valence-electron chi connectivity index (χ2n) is 8.98. The Labute approximate surface area is 217 Å². The third-order valence-corrected chi connectivity index (χ3v) is 6.31. The number of fused-ring (bicyclic) bond motifs is 1. The number of amidine groups is 1. The number of rotatable bonds is 6. The zero-order valence-corrected chi connectivity index (χ0v) is 21.3. The van der Waals surface area contributed by atoms with E-state index in [0.29, 0.717) is 44.7 Å². The van der Waals surface area contributed by atoms with Gasteiger partial charge >= 0.3 is 0 Å². The number of hydrogen-bond acceptors (Lipinski definition) is 7. The first-order valence-corrected chi connectivity index (χ1v) is 11.7. The van der Waals surface area contributed by atoms with Gasteiger partial charge in [0.05, 0.1) is 17.0 Å². The third-order valence-electron chi connectivity index (χ3n) is 6.31. The SMILES string of the molecule is CN=Cc1cc(-c2oc3c(C(C)Nc4ccc(F)c(F)c4/C(N)=N/O)cc(C)cc3c(=O)c2C)ccc1N. The van der Waals surface area contributed by atoms with E-state index in [-0.39, 0.29) is 11.1 Å². The number of nitrogen functional groups attached to an aromatic ring is 1. The lowest BCUT2D eigenvalue weighted by Gasteiger charge is -2.21. The van der Waals surface area contributed by atoms with Gasteiger partial charge in [0.15, 0.2) is 22.9 Å². The van der Waals surface area contributed by atoms with Crippen LogP contribution in [0.2, 0.25) is 0 Å². The van der Waals surface area contributed by atoms with E-state index in [9.17, 15) is 13.6 Å². The molecule has 0 bridgehead atoms. The van der Waals surface area contributed by atoms with Crippen molar-refractivity contribution in [3.05, 3.63) is 92.1 Å². The summed E-state index contributed by atoms with van der Waals surface area (Å²) in [7, 11) is 1.63. The minimum atomic E-state index is -1.26. The van der Waals surface area contributed by atoms with E-state index in [1.165, 1.54) is 6.07 Å². The molecule has 0 amide bonds. The number of anilines is 2. The number of aryl methyl sites for hydroxylation is 1. The predicted octanol–water partition coefficient (Wildman–Crippen LogP) is 5.25. The van der Waals surface area contributed by atoms with Gasteiger partial charge in [0, 0.05) is 46.9 Å². The molecule has 0 radical (unpaired) electrons. The molecular formula is C28H27F2N5O3. The van der Waals surface area contributed by atoms with Crippen LogP contribution in [-0.4, -0.2) is 24.3 Å². The topological polar surface area (TPSA) is 139 Å². The Kier molecular flexibility index (Phi) is 7.16. The van der Waals surface area contributed by atoms with Crippen LogP contribution in [0.4, 0.5) is 20.2 Å². The molecule has 0 aliphatic rings. The summed E-state index contributed by atoms with van der Waals surface area (Å²) < 4.78 is 34.8. The number of nitrogens with zero attached hydrogens (tertiary/aromatic N) is 2. The normalized spacial score (nSPS) is 12.8. The van der Waals surface area contributed by atoms with E-state index < -0.39 is 29.1 Å². The minimum absolute atomic E-state index is 0.0954. The summed E-state index contributed by atoms with van der Waals surface area (Å²) in [5, 5.41) is 15.4. The lowest BCUT2D eigenvalue weighted by Crippen LogP contribution is -2.20. The van der Waals surface area contributed by atoms with Crippen LogP contribution in [0.25, 0.3) is 22.3 Å². The van der Waals surface area contributed by atoms with Crippen LogP contribution in [0.5, 0.6) is 0 Å². The Bertz CT molecular complexity index is 1680. The fraction of sp³-hybridized carbons (Fsp3) is 0.179. The van der Waals surface area contributed by atoms with Crippen molar-refractivity contribution in [2.75, 3.05) is 18.1 Å². The van der Waals surface area contributed by atoms with Crippen molar-refractivity contribution in [3.8, 4) is 11.3 Å². The fourth-order valence-corrected chi connectivity index (χ4v) is 4.41. The maximum absolute atomic E-state index is 14.6. The highest BCUT2D eigenvalue weighted by Gasteiger charge is 2.22. The molecule has 1 heterocycles. The van der Waals surface area contributed by atoms with Crippen molar-refractivity contribution in [3.63, 3.8) is 0 Å². The minimum Gasteiger partial charge on any atom is -0.455 e. The standard InChI is InChI=1S/C28H27F2N5O3/c1-13-9-18(15(3)34-22-8-6-20(29)24(30)23(22)28(32)35-37)27-19(10-13)25(36)14(2)26(38-27)16-5-7-21(31)17(11-16)12-33-4/h5-12,15,34,37H,31H2,1-4H3,(H2,32,35). The Morgan fingerprint density at radius 1 is 1.16 bits per heavy atom. The first-order valence-electron chi connectivity index (χ1n) is 11.7. The van der Waals surface area contributed by atoms with Gasteiger partial charge in [-0.05, 0) is 62.7 Å². The molecule has 196 valence electrons. The molecule has 8 nitrogen and oxygen atoms in total. The third kappa shape index (κ3) is 4.68. The van der Waals surface area contributed by atoms with Gasteiger partial charge in [-0.2, -0.15) is 0 Å². The summed E-state index contributed by atoms with van der Waals surface area (Å²) in [5.41, 5.74) is 15.2. The monoisotopic (exact) mass is 519 g/mol. The lowest BCUT2D eigenvalue weighted by molar-refractivity contribution is 0.318. The van der Waals surface area contributed by atoms with Crippen LogP contribution in [-0.2, 0) is 0 Å². The number of hydrogen-bond donors (Lipinski definition) is 4. The molecule has 10 heteroatoms. The fourth-order valence-electron chi connectivity index (χ4n) is 4.41. The van der Waals surface area contributed by atoms with E-state index in [1.807, 2.05) is 13.0 Å². The summed E-state index contributed by atoms with van der Waals surface area (Å²) in [6.07, 6.45) is 1.62. The maximum Gasteiger partial charge on any atom is 0.196 e. The van der Waals surface area contributed by atoms with Crippen molar-refractivity contribution < 1.29 is 18.4 Å². The van der Waals surface area contributed by atoms with Gasteiger partial charge in [-0.1, -0.05) is 11.2 Å². The second kappa shape index (κ2) is 10.3. The van der Waals surface area contributed by atoms with Crippen LogP contribution in [0.15, 0.2) is 61.8 Å². The first-order chi connectivity index (χ1) is 18.1. The highest BCUT2D eigenvalue weighted by molar-refractivity contribution is 6.02. The zero-order valence-electron chi connectivity index (χ0n) is 21.3. The molecule has 4 rings (SSSR count). The summed E-state index contributed by atoms with van der Waals surface area (Å²) in [6, 6.07) is 10.5. The van der Waals surface area contributed by atoms with Gasteiger partial charge in [-0.15, -0.1) is 0 Å².